The summed E-state index contributed by atoms with van der Waals surface area (Å²) in [5.41, 5.74) is 1.51. The molecule has 1 aromatic carbocycles. The monoisotopic (exact) mass is 394 g/mol. The number of benzene rings is 1. The molecule has 4 rings (SSSR count). The van der Waals surface area contributed by atoms with Crippen LogP contribution in [0.5, 0.6) is 0 Å². The van der Waals surface area contributed by atoms with Crippen LogP contribution in [-0.2, 0) is 6.42 Å². The highest BCUT2D eigenvalue weighted by Crippen LogP contribution is 2.36. The van der Waals surface area contributed by atoms with Gasteiger partial charge in [0.05, 0.1) is 11.0 Å². The molecule has 0 amide bonds. The van der Waals surface area contributed by atoms with Gasteiger partial charge in [-0.15, -0.1) is 0 Å². The highest BCUT2D eigenvalue weighted by atomic mass is 19.1. The Kier molecular flexibility index (Phi) is 5.26. The van der Waals surface area contributed by atoms with Crippen molar-refractivity contribution in [2.45, 2.75) is 51.6 Å². The van der Waals surface area contributed by atoms with Crippen LogP contribution >= 0.6 is 0 Å². The molecular weight excluding hydrogens is 367 g/mol. The number of aliphatic hydroxyl groups is 1. The van der Waals surface area contributed by atoms with Crippen LogP contribution in [0.4, 0.5) is 4.39 Å². The minimum absolute atomic E-state index is 0.0241. The zero-order chi connectivity index (χ0) is 20.6. The highest BCUT2D eigenvalue weighted by molar-refractivity contribution is 5.77. The first kappa shape index (κ1) is 19.8. The molecule has 4 nitrogen and oxygen atoms in total. The average Bonchev–Trinajstić information content (AvgIpc) is 2.71. The molecule has 0 radical (unpaired) electrons. The Labute approximate surface area is 170 Å². The zero-order valence-corrected chi connectivity index (χ0v) is 16.9. The largest absolute Gasteiger partial charge is 0.390 e. The molecule has 5 heteroatoms. The van der Waals surface area contributed by atoms with Gasteiger partial charge in [0.15, 0.2) is 5.43 Å². The summed E-state index contributed by atoms with van der Waals surface area (Å²) in [6.07, 6.45) is 8.23. The van der Waals surface area contributed by atoms with Gasteiger partial charge in [0.2, 0.25) is 0 Å². The number of hydrogen-bond acceptors (Lipinski definition) is 3. The van der Waals surface area contributed by atoms with E-state index in [0.29, 0.717) is 29.3 Å². The Morgan fingerprint density at radius 3 is 2.48 bits per heavy atom. The van der Waals surface area contributed by atoms with E-state index in [4.69, 9.17) is 0 Å². The Bertz CT molecular complexity index is 1060. The lowest BCUT2D eigenvalue weighted by molar-refractivity contribution is -0.00579. The quantitative estimate of drug-likeness (QED) is 0.701. The third-order valence-corrected chi connectivity index (χ3v) is 6.30. The van der Waals surface area contributed by atoms with Gasteiger partial charge in [-0.25, -0.2) is 9.37 Å². The van der Waals surface area contributed by atoms with E-state index in [2.05, 4.69) is 4.98 Å². The lowest BCUT2D eigenvalue weighted by atomic mass is 9.73. The molecule has 29 heavy (non-hydrogen) atoms. The molecule has 1 aliphatic carbocycles. The van der Waals surface area contributed by atoms with Crippen LogP contribution in [0.15, 0.2) is 53.6 Å². The lowest BCUT2D eigenvalue weighted by Gasteiger charge is -2.35. The van der Waals surface area contributed by atoms with Crippen molar-refractivity contribution < 1.29 is 9.50 Å². The van der Waals surface area contributed by atoms with Crippen molar-refractivity contribution in [2.75, 3.05) is 0 Å². The number of fused-ring (bicyclic) bond motifs is 1. The summed E-state index contributed by atoms with van der Waals surface area (Å²) in [6, 6.07) is 9.81. The topological polar surface area (TPSA) is 55.1 Å². The highest BCUT2D eigenvalue weighted by Gasteiger charge is 2.31. The molecule has 1 fully saturated rings. The molecule has 0 unspecified atom stereocenters. The summed E-state index contributed by atoms with van der Waals surface area (Å²) < 4.78 is 15.3. The second-order valence-corrected chi connectivity index (χ2v) is 8.78. The van der Waals surface area contributed by atoms with Crippen molar-refractivity contribution in [1.82, 2.24) is 9.55 Å². The van der Waals surface area contributed by atoms with Gasteiger partial charge < -0.3 is 9.67 Å². The van der Waals surface area contributed by atoms with Gasteiger partial charge in [-0.3, -0.25) is 4.79 Å². The van der Waals surface area contributed by atoms with E-state index >= 15 is 0 Å². The normalized spacial score (nSPS) is 20.1. The maximum absolute atomic E-state index is 13.4. The Morgan fingerprint density at radius 1 is 1.14 bits per heavy atom. The Morgan fingerprint density at radius 2 is 1.83 bits per heavy atom. The molecule has 1 saturated carbocycles. The van der Waals surface area contributed by atoms with Crippen molar-refractivity contribution in [2.24, 2.45) is 11.8 Å². The Balaban J connectivity index is 1.68. The molecule has 1 aliphatic rings. The molecule has 0 bridgehead atoms. The van der Waals surface area contributed by atoms with Gasteiger partial charge >= 0.3 is 0 Å². The van der Waals surface area contributed by atoms with Gasteiger partial charge in [0.1, 0.15) is 11.5 Å². The third-order valence-electron chi connectivity index (χ3n) is 6.30. The number of nitrogens with zero attached hydrogens (tertiary/aromatic N) is 2. The minimum atomic E-state index is -0.644. The number of rotatable bonds is 4. The predicted molar refractivity (Wildman–Crippen MR) is 113 cm³/mol. The number of aromatic nitrogens is 2. The summed E-state index contributed by atoms with van der Waals surface area (Å²) in [4.78, 5) is 17.5. The third kappa shape index (κ3) is 4.10. The predicted octanol–water partition coefficient (Wildman–Crippen LogP) is 4.64. The molecule has 0 spiro atoms. The van der Waals surface area contributed by atoms with Crippen LogP contribution < -0.4 is 5.43 Å². The fraction of sp³-hybridized carbons (Fsp3) is 0.417. The molecule has 152 valence electrons. The van der Waals surface area contributed by atoms with E-state index in [1.54, 1.807) is 30.5 Å². The van der Waals surface area contributed by atoms with Crippen molar-refractivity contribution in [1.29, 1.82) is 0 Å². The van der Waals surface area contributed by atoms with Crippen LogP contribution in [0.3, 0.4) is 0 Å². The first-order chi connectivity index (χ1) is 13.8. The molecule has 2 heterocycles. The molecule has 0 atom stereocenters. The van der Waals surface area contributed by atoms with Crippen LogP contribution in [0.1, 0.15) is 45.1 Å². The first-order valence-corrected chi connectivity index (χ1v) is 10.3. The first-order valence-electron chi connectivity index (χ1n) is 10.3. The van der Waals surface area contributed by atoms with Crippen molar-refractivity contribution in [3.05, 3.63) is 70.4 Å². The van der Waals surface area contributed by atoms with Crippen molar-refractivity contribution in [3.8, 4) is 5.69 Å². The fourth-order valence-corrected chi connectivity index (χ4v) is 4.54. The molecular formula is C24H27FN2O2. The molecule has 0 aliphatic heterocycles. The van der Waals surface area contributed by atoms with E-state index in [1.165, 1.54) is 12.1 Å². The van der Waals surface area contributed by atoms with E-state index in [-0.39, 0.29) is 11.2 Å². The summed E-state index contributed by atoms with van der Waals surface area (Å²) in [7, 11) is 0. The second-order valence-electron chi connectivity index (χ2n) is 8.78. The SMILES string of the molecule is CC(C)(O)C1CCC(Cc2cn(-c3ccc(F)cc3)c3ncccc3c2=O)CC1. The molecule has 0 saturated heterocycles. The standard InChI is InChI=1S/C24H27FN2O2/c1-24(2,29)18-7-5-16(6-8-18)14-17-15-27(20-11-9-19(25)10-12-20)23-21(22(17)28)4-3-13-26-23/h3-4,9-13,15-16,18,29H,5-8,14H2,1-2H3. The lowest BCUT2D eigenvalue weighted by Crippen LogP contribution is -2.34. The fourth-order valence-electron chi connectivity index (χ4n) is 4.54. The molecule has 2 aromatic heterocycles. The maximum Gasteiger partial charge on any atom is 0.194 e. The van der Waals surface area contributed by atoms with E-state index in [9.17, 15) is 14.3 Å². The zero-order valence-electron chi connectivity index (χ0n) is 16.9. The number of halogens is 1. The molecule has 1 N–H and O–H groups in total. The average molecular weight is 394 g/mol. The van der Waals surface area contributed by atoms with Gasteiger partial charge in [0, 0.05) is 23.6 Å². The maximum atomic E-state index is 13.4. The van der Waals surface area contributed by atoms with Crippen LogP contribution in [-0.4, -0.2) is 20.3 Å². The Hall–Kier alpha value is -2.53. The van der Waals surface area contributed by atoms with Gasteiger partial charge in [0.25, 0.3) is 0 Å². The second kappa shape index (κ2) is 7.71. The van der Waals surface area contributed by atoms with Crippen molar-refractivity contribution >= 4 is 11.0 Å². The minimum Gasteiger partial charge on any atom is -0.390 e. The summed E-state index contributed by atoms with van der Waals surface area (Å²) in [5.74, 6) is 0.448. The van der Waals surface area contributed by atoms with E-state index in [1.807, 2.05) is 24.6 Å². The summed E-state index contributed by atoms with van der Waals surface area (Å²) >= 11 is 0. The van der Waals surface area contributed by atoms with Gasteiger partial charge in [-0.05, 0) is 94.2 Å². The number of hydrogen-bond donors (Lipinski definition) is 1. The van der Waals surface area contributed by atoms with Gasteiger partial charge in [-0.1, -0.05) is 0 Å². The van der Waals surface area contributed by atoms with E-state index < -0.39 is 5.60 Å². The van der Waals surface area contributed by atoms with Crippen molar-refractivity contribution in [3.63, 3.8) is 0 Å². The summed E-state index contributed by atoms with van der Waals surface area (Å²) in [6.45, 7) is 3.77. The van der Waals surface area contributed by atoms with E-state index in [0.717, 1.165) is 36.9 Å². The smallest absolute Gasteiger partial charge is 0.194 e. The number of pyridine rings is 2. The molecule has 3 aromatic rings. The van der Waals surface area contributed by atoms with Crippen LogP contribution in [0.25, 0.3) is 16.7 Å². The summed E-state index contributed by atoms with van der Waals surface area (Å²) in [5, 5.41) is 10.9. The van der Waals surface area contributed by atoms with Gasteiger partial charge in [-0.2, -0.15) is 0 Å². The van der Waals surface area contributed by atoms with Crippen LogP contribution in [0, 0.1) is 17.7 Å². The van der Waals surface area contributed by atoms with Crippen LogP contribution in [0.2, 0.25) is 0 Å².